The molecule has 0 radical (unpaired) electrons. The first-order valence-corrected chi connectivity index (χ1v) is 9.61. The average molecular weight is 401 g/mol. The number of carbonyl (C=O) groups excluding carboxylic acids is 1. The van der Waals surface area contributed by atoms with Crippen LogP contribution < -0.4 is 5.32 Å². The first-order valence-electron chi connectivity index (χ1n) is 9.61. The number of fused-ring (bicyclic) bond motifs is 1. The minimum Gasteiger partial charge on any atom is -0.465 e. The Morgan fingerprint density at radius 3 is 2.53 bits per heavy atom. The summed E-state index contributed by atoms with van der Waals surface area (Å²) in [5.41, 5.74) is 3.17. The molecule has 7 nitrogen and oxygen atoms in total. The van der Waals surface area contributed by atoms with Crippen molar-refractivity contribution in [3.8, 4) is 11.4 Å². The number of ether oxygens (including phenoxy) is 1. The lowest BCUT2D eigenvalue weighted by molar-refractivity contribution is 0.0600. The van der Waals surface area contributed by atoms with E-state index in [0.717, 1.165) is 22.3 Å². The highest BCUT2D eigenvalue weighted by Gasteiger charge is 2.21. The second-order valence-electron chi connectivity index (χ2n) is 7.93. The Bertz CT molecular complexity index is 1210. The quantitative estimate of drug-likeness (QED) is 0.496. The molecule has 3 heterocycles. The van der Waals surface area contributed by atoms with Gasteiger partial charge in [-0.25, -0.2) is 14.8 Å². The molecule has 7 heteroatoms. The number of aromatic nitrogens is 4. The molecule has 152 valence electrons. The van der Waals surface area contributed by atoms with E-state index >= 15 is 0 Å². The summed E-state index contributed by atoms with van der Waals surface area (Å²) in [7, 11) is 1.34. The number of nitrogens with zero attached hydrogens (tertiary/aromatic N) is 4. The van der Waals surface area contributed by atoms with Crippen LogP contribution in [0.4, 0.5) is 11.6 Å². The van der Waals surface area contributed by atoms with Gasteiger partial charge in [-0.1, -0.05) is 18.2 Å². The normalized spacial score (nSPS) is 11.5. The molecule has 0 aliphatic heterocycles. The number of anilines is 2. The molecule has 0 unspecified atom stereocenters. The topological polar surface area (TPSA) is 81.9 Å². The Kier molecular flexibility index (Phi) is 4.95. The van der Waals surface area contributed by atoms with E-state index in [1.807, 2.05) is 12.1 Å². The number of pyridine rings is 1. The lowest BCUT2D eigenvalue weighted by atomic mass is 10.1. The summed E-state index contributed by atoms with van der Waals surface area (Å²) in [6.07, 6.45) is 4.86. The van der Waals surface area contributed by atoms with E-state index in [2.05, 4.69) is 58.8 Å². The van der Waals surface area contributed by atoms with E-state index in [-0.39, 0.29) is 5.54 Å². The zero-order valence-electron chi connectivity index (χ0n) is 17.4. The lowest BCUT2D eigenvalue weighted by Gasteiger charge is -2.25. The van der Waals surface area contributed by atoms with Crippen LogP contribution in [0.1, 0.15) is 31.1 Å². The third-order valence-electron chi connectivity index (χ3n) is 4.72. The molecule has 0 saturated carbocycles. The summed E-state index contributed by atoms with van der Waals surface area (Å²) in [4.78, 5) is 24.9. The van der Waals surface area contributed by atoms with E-state index in [1.165, 1.54) is 13.3 Å². The van der Waals surface area contributed by atoms with Crippen molar-refractivity contribution in [2.45, 2.75) is 26.3 Å². The van der Waals surface area contributed by atoms with Gasteiger partial charge in [0.1, 0.15) is 11.5 Å². The average Bonchev–Trinajstić information content (AvgIpc) is 3.14. The fraction of sp³-hybridized carbons (Fsp3) is 0.217. The standard InChI is InChI=1S/C23H23N5O2/c1-23(2,3)28-18-8-6-5-7-15(18)11-19(28)17-13-24-14-21(26-17)27-20-10-9-16(12-25-20)22(29)30-4/h5-14H,1-4H3,(H,25,26,27). The van der Waals surface area contributed by atoms with Gasteiger partial charge in [-0.15, -0.1) is 0 Å². The predicted octanol–water partition coefficient (Wildman–Crippen LogP) is 4.78. The van der Waals surface area contributed by atoms with E-state index in [9.17, 15) is 4.79 Å². The Hall–Kier alpha value is -3.74. The summed E-state index contributed by atoms with van der Waals surface area (Å²) in [5.74, 6) is 0.702. The molecule has 0 spiro atoms. The van der Waals surface area contributed by atoms with Crippen molar-refractivity contribution in [3.05, 3.63) is 66.6 Å². The monoisotopic (exact) mass is 401 g/mol. The number of para-hydroxylation sites is 1. The molecule has 3 aromatic heterocycles. The van der Waals surface area contributed by atoms with Crippen molar-refractivity contribution in [1.82, 2.24) is 19.5 Å². The van der Waals surface area contributed by atoms with Crippen molar-refractivity contribution in [2.24, 2.45) is 0 Å². The van der Waals surface area contributed by atoms with E-state index in [1.54, 1.807) is 24.5 Å². The second kappa shape index (κ2) is 7.59. The van der Waals surface area contributed by atoms with Crippen LogP contribution >= 0.6 is 0 Å². The zero-order chi connectivity index (χ0) is 21.3. The highest BCUT2D eigenvalue weighted by Crippen LogP contribution is 2.33. The van der Waals surface area contributed by atoms with Crippen molar-refractivity contribution in [3.63, 3.8) is 0 Å². The predicted molar refractivity (Wildman–Crippen MR) is 117 cm³/mol. The van der Waals surface area contributed by atoms with E-state index in [4.69, 9.17) is 9.72 Å². The number of nitrogens with one attached hydrogen (secondary N) is 1. The molecule has 1 N–H and O–H groups in total. The van der Waals surface area contributed by atoms with Crippen molar-refractivity contribution < 1.29 is 9.53 Å². The molecule has 0 saturated heterocycles. The minimum atomic E-state index is -0.425. The molecule has 0 aliphatic rings. The smallest absolute Gasteiger partial charge is 0.339 e. The third kappa shape index (κ3) is 3.74. The molecule has 0 bridgehead atoms. The van der Waals surface area contributed by atoms with Gasteiger partial charge in [-0.05, 0) is 45.0 Å². The Labute approximate surface area is 174 Å². The maximum atomic E-state index is 11.6. The molecule has 4 aromatic rings. The van der Waals surface area contributed by atoms with Crippen LogP contribution in [0.15, 0.2) is 61.1 Å². The fourth-order valence-corrected chi connectivity index (χ4v) is 3.45. The number of rotatable bonds is 4. The van der Waals surface area contributed by atoms with Gasteiger partial charge < -0.3 is 14.6 Å². The molecule has 0 fully saturated rings. The van der Waals surface area contributed by atoms with Crippen LogP contribution in [0.3, 0.4) is 0 Å². The molecule has 0 amide bonds. The summed E-state index contributed by atoms with van der Waals surface area (Å²) in [6, 6.07) is 13.8. The molecule has 0 atom stereocenters. The lowest BCUT2D eigenvalue weighted by Crippen LogP contribution is -2.22. The van der Waals surface area contributed by atoms with Crippen molar-refractivity contribution in [1.29, 1.82) is 0 Å². The second-order valence-corrected chi connectivity index (χ2v) is 7.93. The van der Waals surface area contributed by atoms with Gasteiger partial charge >= 0.3 is 5.97 Å². The maximum Gasteiger partial charge on any atom is 0.339 e. The maximum absolute atomic E-state index is 11.6. The summed E-state index contributed by atoms with van der Waals surface area (Å²) >= 11 is 0. The molecular weight excluding hydrogens is 378 g/mol. The third-order valence-corrected chi connectivity index (χ3v) is 4.72. The number of hydrogen-bond donors (Lipinski definition) is 1. The molecule has 4 rings (SSSR count). The Morgan fingerprint density at radius 2 is 1.83 bits per heavy atom. The van der Waals surface area contributed by atoms with Gasteiger partial charge in [0.05, 0.1) is 30.8 Å². The van der Waals surface area contributed by atoms with Gasteiger partial charge in [0.2, 0.25) is 0 Å². The SMILES string of the molecule is COC(=O)c1ccc(Nc2cncc(-c3cc4ccccc4n3C(C)(C)C)n2)nc1. The van der Waals surface area contributed by atoms with Crippen molar-refractivity contribution in [2.75, 3.05) is 12.4 Å². The van der Waals surface area contributed by atoms with Crippen LogP contribution in [0.5, 0.6) is 0 Å². The van der Waals surface area contributed by atoms with Gasteiger partial charge in [0.25, 0.3) is 0 Å². The first-order chi connectivity index (χ1) is 14.4. The highest BCUT2D eigenvalue weighted by molar-refractivity contribution is 5.89. The largest absolute Gasteiger partial charge is 0.465 e. The van der Waals surface area contributed by atoms with Crippen molar-refractivity contribution >= 4 is 28.5 Å². The van der Waals surface area contributed by atoms with Gasteiger partial charge in [0.15, 0.2) is 5.82 Å². The minimum absolute atomic E-state index is 0.130. The number of methoxy groups -OCH3 is 1. The highest BCUT2D eigenvalue weighted by atomic mass is 16.5. The van der Waals surface area contributed by atoms with Crippen LogP contribution in [-0.2, 0) is 10.3 Å². The summed E-state index contributed by atoms with van der Waals surface area (Å²) in [6.45, 7) is 6.52. The molecular formula is C23H23N5O2. The van der Waals surface area contributed by atoms with Gasteiger partial charge in [-0.2, -0.15) is 0 Å². The number of esters is 1. The fourth-order valence-electron chi connectivity index (χ4n) is 3.45. The summed E-state index contributed by atoms with van der Waals surface area (Å²) < 4.78 is 6.98. The van der Waals surface area contributed by atoms with E-state index < -0.39 is 5.97 Å². The van der Waals surface area contributed by atoms with Crippen LogP contribution in [0.2, 0.25) is 0 Å². The van der Waals surface area contributed by atoms with Crippen LogP contribution in [0.25, 0.3) is 22.3 Å². The van der Waals surface area contributed by atoms with Gasteiger partial charge in [-0.3, -0.25) is 4.98 Å². The number of carbonyl (C=O) groups is 1. The number of hydrogen-bond acceptors (Lipinski definition) is 6. The zero-order valence-corrected chi connectivity index (χ0v) is 17.4. The van der Waals surface area contributed by atoms with Gasteiger partial charge in [0, 0.05) is 22.6 Å². The van der Waals surface area contributed by atoms with E-state index in [0.29, 0.717) is 17.2 Å². The Morgan fingerprint density at radius 1 is 1.03 bits per heavy atom. The molecule has 0 aliphatic carbocycles. The molecule has 30 heavy (non-hydrogen) atoms. The van der Waals surface area contributed by atoms with Crippen LogP contribution in [0, 0.1) is 0 Å². The van der Waals surface area contributed by atoms with Crippen LogP contribution in [-0.4, -0.2) is 32.6 Å². The Balaban J connectivity index is 1.70. The first kappa shape index (κ1) is 19.6. The number of benzene rings is 1. The molecule has 1 aromatic carbocycles. The summed E-state index contributed by atoms with van der Waals surface area (Å²) in [5, 5.41) is 4.30.